The van der Waals surface area contributed by atoms with E-state index in [1.807, 2.05) is 0 Å². The summed E-state index contributed by atoms with van der Waals surface area (Å²) in [5.41, 5.74) is 0.910. The van der Waals surface area contributed by atoms with Gasteiger partial charge in [-0.15, -0.1) is 0 Å². The van der Waals surface area contributed by atoms with Gasteiger partial charge in [0.15, 0.2) is 5.04 Å². The van der Waals surface area contributed by atoms with Crippen molar-refractivity contribution in [3.05, 3.63) is 0 Å². The largest absolute Gasteiger partial charge is 0.446 e. The maximum atomic E-state index is 12.0. The van der Waals surface area contributed by atoms with Crippen molar-refractivity contribution in [1.82, 2.24) is 8.61 Å². The molecule has 124 valence electrons. The second-order valence-electron chi connectivity index (χ2n) is 5.14. The third-order valence-corrected chi connectivity index (χ3v) is 4.98. The van der Waals surface area contributed by atoms with Gasteiger partial charge in [-0.3, -0.25) is 9.83 Å². The summed E-state index contributed by atoms with van der Waals surface area (Å²) < 4.78 is 8.78. The molecule has 1 fully saturated rings. The number of hydrogen-bond donors (Lipinski definition) is 0. The minimum atomic E-state index is -0.488. The van der Waals surface area contributed by atoms with Crippen molar-refractivity contribution in [3.63, 3.8) is 0 Å². The van der Waals surface area contributed by atoms with Crippen LogP contribution in [0.5, 0.6) is 0 Å². The molecule has 0 aromatic rings. The highest BCUT2D eigenvalue weighted by Gasteiger charge is 2.21. The third kappa shape index (κ3) is 5.15. The van der Waals surface area contributed by atoms with E-state index in [-0.39, 0.29) is 5.92 Å². The Labute approximate surface area is 139 Å². The fourth-order valence-electron chi connectivity index (χ4n) is 1.93. The number of carbonyl (C=O) groups excluding carboxylic acids is 1. The van der Waals surface area contributed by atoms with Crippen LogP contribution in [0.15, 0.2) is 10.1 Å². The van der Waals surface area contributed by atoms with Crippen molar-refractivity contribution in [2.24, 2.45) is 16.1 Å². The molecule has 2 heterocycles. The smallest absolute Gasteiger partial charge is 0.379 e. The molecule has 0 aromatic carbocycles. The molecule has 0 unspecified atom stereocenters. The number of aliphatic imine (C=N–C) groups is 1. The number of oxime groups is 1. The zero-order chi connectivity index (χ0) is 15.9. The Bertz CT molecular complexity index is 451. The summed E-state index contributed by atoms with van der Waals surface area (Å²) in [7, 11) is 1.67. The van der Waals surface area contributed by atoms with Gasteiger partial charge in [-0.05, 0) is 5.92 Å². The minimum absolute atomic E-state index is 0.269. The summed E-state index contributed by atoms with van der Waals surface area (Å²) in [6.07, 6.45) is -0.488. The van der Waals surface area contributed by atoms with Crippen molar-refractivity contribution in [2.45, 2.75) is 13.8 Å². The van der Waals surface area contributed by atoms with E-state index in [1.165, 1.54) is 16.4 Å². The van der Waals surface area contributed by atoms with Crippen LogP contribution in [0.1, 0.15) is 13.8 Å². The van der Waals surface area contributed by atoms with E-state index >= 15 is 0 Å². The van der Waals surface area contributed by atoms with E-state index in [2.05, 4.69) is 28.3 Å². The van der Waals surface area contributed by atoms with Crippen molar-refractivity contribution in [2.75, 3.05) is 45.6 Å². The highest BCUT2D eigenvalue weighted by Crippen LogP contribution is 2.19. The van der Waals surface area contributed by atoms with Crippen molar-refractivity contribution >= 4 is 40.7 Å². The molecule has 0 N–H and O–H groups in total. The lowest BCUT2D eigenvalue weighted by atomic mass is 10.1. The maximum Gasteiger partial charge on any atom is 0.446 e. The van der Waals surface area contributed by atoms with Gasteiger partial charge >= 0.3 is 6.09 Å². The Morgan fingerprint density at radius 2 is 2.23 bits per heavy atom. The summed E-state index contributed by atoms with van der Waals surface area (Å²) in [5, 5.41) is 4.71. The first-order valence-electron chi connectivity index (χ1n) is 7.29. The second-order valence-corrected chi connectivity index (χ2v) is 7.46. The topological polar surface area (TPSA) is 66.7 Å². The van der Waals surface area contributed by atoms with Crippen LogP contribution < -0.4 is 0 Å². The van der Waals surface area contributed by atoms with Crippen LogP contribution in [0, 0.1) is 5.92 Å². The average molecular weight is 346 g/mol. The van der Waals surface area contributed by atoms with Crippen molar-refractivity contribution in [3.8, 4) is 0 Å². The first-order valence-corrected chi connectivity index (χ1v) is 9.00. The van der Waals surface area contributed by atoms with E-state index in [1.54, 1.807) is 18.8 Å². The summed E-state index contributed by atoms with van der Waals surface area (Å²) >= 11 is 2.91. The minimum Gasteiger partial charge on any atom is -0.379 e. The number of hydrogen-bond acceptors (Lipinski definition) is 8. The van der Waals surface area contributed by atoms with Crippen LogP contribution in [0.4, 0.5) is 4.79 Å². The maximum absolute atomic E-state index is 12.0. The average Bonchev–Trinajstić information content (AvgIpc) is 2.53. The number of ether oxygens (including phenoxy) is 1. The quantitative estimate of drug-likeness (QED) is 0.441. The monoisotopic (exact) mass is 346 g/mol. The van der Waals surface area contributed by atoms with Gasteiger partial charge in [0.05, 0.1) is 18.9 Å². The Kier molecular flexibility index (Phi) is 7.00. The Balaban J connectivity index is 1.86. The van der Waals surface area contributed by atoms with E-state index < -0.39 is 6.09 Å². The zero-order valence-corrected chi connectivity index (χ0v) is 14.8. The van der Waals surface area contributed by atoms with Crippen LogP contribution in [0.2, 0.25) is 0 Å². The summed E-state index contributed by atoms with van der Waals surface area (Å²) in [6.45, 7) is 7.85. The summed E-state index contributed by atoms with van der Waals surface area (Å²) in [6, 6.07) is 0. The molecule has 9 heteroatoms. The molecule has 0 saturated carbocycles. The molecule has 0 aliphatic carbocycles. The SMILES string of the molecule is CC(C)C1=NCCSC1=NOC(=O)N(C)SN1CCOCC1. The predicted octanol–water partition coefficient (Wildman–Crippen LogP) is 2.11. The molecule has 0 atom stereocenters. The molecule has 0 spiro atoms. The molecule has 2 aliphatic heterocycles. The number of rotatable bonds is 4. The predicted molar refractivity (Wildman–Crippen MR) is 91.3 cm³/mol. The normalized spacial score (nSPS) is 21.8. The standard InChI is InChI=1S/C13H22N4O3S2/c1-10(2)11-12(21-9-4-14-11)15-20-13(18)16(3)22-17-5-7-19-8-6-17/h10H,4-9H2,1-3H3. The lowest BCUT2D eigenvalue weighted by Crippen LogP contribution is -2.35. The van der Waals surface area contributed by atoms with Crippen molar-refractivity contribution < 1.29 is 14.4 Å². The molecule has 22 heavy (non-hydrogen) atoms. The molecule has 7 nitrogen and oxygen atoms in total. The molecule has 0 radical (unpaired) electrons. The Morgan fingerprint density at radius 1 is 1.50 bits per heavy atom. The van der Waals surface area contributed by atoms with E-state index in [9.17, 15) is 4.79 Å². The fraction of sp³-hybridized carbons (Fsp3) is 0.769. The van der Waals surface area contributed by atoms with Crippen LogP contribution in [0.3, 0.4) is 0 Å². The summed E-state index contributed by atoms with van der Waals surface area (Å²) in [5.74, 6) is 1.14. The molecule has 1 amide bonds. The van der Waals surface area contributed by atoms with Gasteiger partial charge in [0.2, 0.25) is 0 Å². The van der Waals surface area contributed by atoms with Crippen LogP contribution >= 0.6 is 23.9 Å². The lowest BCUT2D eigenvalue weighted by molar-refractivity contribution is 0.0753. The molecule has 1 saturated heterocycles. The number of carbonyl (C=O) groups is 1. The van der Waals surface area contributed by atoms with Crippen molar-refractivity contribution in [1.29, 1.82) is 0 Å². The van der Waals surface area contributed by atoms with E-state index in [0.717, 1.165) is 31.1 Å². The second kappa shape index (κ2) is 8.76. The number of morpholine rings is 1. The highest BCUT2D eigenvalue weighted by molar-refractivity contribution is 8.15. The van der Waals surface area contributed by atoms with Crippen LogP contribution in [-0.4, -0.2) is 71.1 Å². The van der Waals surface area contributed by atoms with Gasteiger partial charge in [0.1, 0.15) is 0 Å². The molecule has 0 aromatic heterocycles. The van der Waals surface area contributed by atoms with Gasteiger partial charge in [-0.2, -0.15) is 0 Å². The highest BCUT2D eigenvalue weighted by atomic mass is 32.2. The molecule has 2 aliphatic rings. The Morgan fingerprint density at radius 3 is 2.91 bits per heavy atom. The van der Waals surface area contributed by atoms with Crippen LogP contribution in [0.25, 0.3) is 0 Å². The molecule has 2 rings (SSSR count). The number of nitrogens with zero attached hydrogens (tertiary/aromatic N) is 4. The van der Waals surface area contributed by atoms with Gasteiger partial charge in [-0.1, -0.05) is 30.8 Å². The third-order valence-electron chi connectivity index (χ3n) is 3.05. The molecular weight excluding hydrogens is 324 g/mol. The first kappa shape index (κ1) is 17.6. The molecule has 0 bridgehead atoms. The van der Waals surface area contributed by atoms with Gasteiger partial charge in [0, 0.05) is 44.6 Å². The number of thioether (sulfide) groups is 1. The fourth-order valence-corrected chi connectivity index (χ4v) is 3.60. The first-order chi connectivity index (χ1) is 10.6. The molecular formula is C13H22N4O3S2. The summed E-state index contributed by atoms with van der Waals surface area (Å²) in [4.78, 5) is 21.5. The van der Waals surface area contributed by atoms with Gasteiger partial charge < -0.3 is 4.74 Å². The van der Waals surface area contributed by atoms with E-state index in [0.29, 0.717) is 18.3 Å². The zero-order valence-electron chi connectivity index (χ0n) is 13.2. The lowest BCUT2D eigenvalue weighted by Gasteiger charge is -2.27. The number of amides is 1. The van der Waals surface area contributed by atoms with Crippen LogP contribution in [-0.2, 0) is 9.57 Å². The Hall–Kier alpha value is -0.770. The van der Waals surface area contributed by atoms with Gasteiger partial charge in [0.25, 0.3) is 0 Å². The van der Waals surface area contributed by atoms with Gasteiger partial charge in [-0.25, -0.2) is 13.4 Å². The van der Waals surface area contributed by atoms with E-state index in [4.69, 9.17) is 9.57 Å².